The van der Waals surface area contributed by atoms with Gasteiger partial charge in [-0.05, 0) is 116 Å². The molecular formula is C33H56O5S. The highest BCUT2D eigenvalue weighted by Gasteiger charge is 2.64. The minimum absolute atomic E-state index is 0.0959. The topological polar surface area (TPSA) is 91.7 Å². The van der Waals surface area contributed by atoms with E-state index in [2.05, 4.69) is 27.7 Å². The van der Waals surface area contributed by atoms with Crippen molar-refractivity contribution in [3.05, 3.63) is 0 Å². The van der Waals surface area contributed by atoms with Gasteiger partial charge in [0.1, 0.15) is 11.5 Å². The first-order valence-electron chi connectivity index (χ1n) is 16.5. The van der Waals surface area contributed by atoms with Crippen LogP contribution in [-0.4, -0.2) is 47.6 Å². The standard InChI is InChI=1S/C33H56O5S/c1-5-25-29-19-22(34)15-17-33(29,4)28-16-18-32(3)26(13-14-27(32)30(28)31(25)36)21(2)9-8-10-23(35)20-39(37,38)24-11-6-7-12-24/h21-22,24-31,34,36H,5-20H2,1-4H3/t21-,22-,25-,26-,27+,28+,29+,30+,31-,32-,33-/m1/s1. The van der Waals surface area contributed by atoms with Gasteiger partial charge in [0.05, 0.1) is 17.5 Å². The van der Waals surface area contributed by atoms with Gasteiger partial charge in [-0.3, -0.25) is 4.79 Å². The zero-order chi connectivity index (χ0) is 28.2. The quantitative estimate of drug-likeness (QED) is 0.341. The molecule has 5 aliphatic carbocycles. The van der Waals surface area contributed by atoms with Crippen molar-refractivity contribution in [2.45, 2.75) is 141 Å². The third kappa shape index (κ3) is 5.31. The first-order chi connectivity index (χ1) is 18.4. The molecule has 6 heteroatoms. The number of Topliss-reactive ketones (excluding diaryl/α,β-unsaturated/α-hetero) is 1. The summed E-state index contributed by atoms with van der Waals surface area (Å²) in [6.45, 7) is 9.60. The lowest BCUT2D eigenvalue weighted by Crippen LogP contribution is -2.62. The van der Waals surface area contributed by atoms with Gasteiger partial charge in [-0.15, -0.1) is 0 Å². The van der Waals surface area contributed by atoms with Crippen LogP contribution >= 0.6 is 0 Å². The van der Waals surface area contributed by atoms with Gasteiger partial charge in [-0.2, -0.15) is 0 Å². The number of hydrogen-bond acceptors (Lipinski definition) is 5. The molecule has 5 rings (SSSR count). The van der Waals surface area contributed by atoms with E-state index < -0.39 is 9.84 Å². The van der Waals surface area contributed by atoms with E-state index in [9.17, 15) is 23.4 Å². The third-order valence-electron chi connectivity index (χ3n) is 13.4. The van der Waals surface area contributed by atoms with Crippen LogP contribution in [0.2, 0.25) is 0 Å². The largest absolute Gasteiger partial charge is 0.393 e. The lowest BCUT2D eigenvalue weighted by atomic mass is 9.41. The van der Waals surface area contributed by atoms with Crippen LogP contribution in [0.1, 0.15) is 124 Å². The fourth-order valence-electron chi connectivity index (χ4n) is 11.4. The Bertz CT molecular complexity index is 988. The molecule has 5 saturated carbocycles. The molecule has 0 bridgehead atoms. The summed E-state index contributed by atoms with van der Waals surface area (Å²) in [5, 5.41) is 22.1. The van der Waals surface area contributed by atoms with Crippen molar-refractivity contribution in [1.29, 1.82) is 0 Å². The van der Waals surface area contributed by atoms with Crippen molar-refractivity contribution in [2.24, 2.45) is 52.3 Å². The Balaban J connectivity index is 1.22. The van der Waals surface area contributed by atoms with Crippen LogP contribution in [0.3, 0.4) is 0 Å². The van der Waals surface area contributed by atoms with Crippen LogP contribution in [0.15, 0.2) is 0 Å². The Hall–Kier alpha value is -0.460. The van der Waals surface area contributed by atoms with Gasteiger partial charge in [0, 0.05) is 6.42 Å². The van der Waals surface area contributed by atoms with E-state index in [1.54, 1.807) is 0 Å². The Kier molecular flexibility index (Phi) is 8.71. The van der Waals surface area contributed by atoms with Crippen LogP contribution in [0, 0.1) is 52.3 Å². The number of carbonyl (C=O) groups is 1. The van der Waals surface area contributed by atoms with Gasteiger partial charge in [0.2, 0.25) is 0 Å². The average molecular weight is 565 g/mol. The summed E-state index contributed by atoms with van der Waals surface area (Å²) >= 11 is 0. The molecule has 5 aliphatic rings. The number of fused-ring (bicyclic) bond motifs is 5. The molecule has 0 amide bonds. The molecule has 0 radical (unpaired) electrons. The van der Waals surface area contributed by atoms with Crippen LogP contribution in [0.5, 0.6) is 0 Å². The lowest BCUT2D eigenvalue weighted by molar-refractivity contribution is -0.203. The number of carbonyl (C=O) groups excluding carboxylic acids is 1. The Morgan fingerprint density at radius 2 is 1.59 bits per heavy atom. The van der Waals surface area contributed by atoms with E-state index in [4.69, 9.17) is 0 Å². The molecule has 0 aromatic rings. The van der Waals surface area contributed by atoms with Crippen LogP contribution < -0.4 is 0 Å². The van der Waals surface area contributed by atoms with Crippen molar-refractivity contribution >= 4 is 15.6 Å². The minimum atomic E-state index is -3.28. The van der Waals surface area contributed by atoms with E-state index in [0.29, 0.717) is 41.9 Å². The molecule has 5 nitrogen and oxygen atoms in total. The number of hydrogen-bond donors (Lipinski definition) is 2. The van der Waals surface area contributed by atoms with Crippen molar-refractivity contribution in [1.82, 2.24) is 0 Å². The molecule has 0 saturated heterocycles. The molecule has 0 heterocycles. The van der Waals surface area contributed by atoms with E-state index in [1.807, 2.05) is 0 Å². The van der Waals surface area contributed by atoms with Gasteiger partial charge in [0.25, 0.3) is 0 Å². The molecule has 0 aliphatic heterocycles. The number of sulfone groups is 1. The SMILES string of the molecule is CC[C@H]1[C@@H](O)[C@@H]2[C@H](CC[C@]3(C)[C@@H]([C@H](C)CCCC(=O)CS(=O)(=O)C4CCCC4)CC[C@@H]23)[C@@]2(C)CC[C@@H](O)C[C@@H]12. The second-order valence-corrected chi connectivity index (χ2v) is 17.5. The van der Waals surface area contributed by atoms with Gasteiger partial charge in [0.15, 0.2) is 9.84 Å². The molecule has 0 aromatic heterocycles. The highest BCUT2D eigenvalue weighted by Crippen LogP contribution is 2.69. The lowest BCUT2D eigenvalue weighted by Gasteiger charge is -2.64. The van der Waals surface area contributed by atoms with Crippen LogP contribution in [0.4, 0.5) is 0 Å². The molecule has 5 fully saturated rings. The molecule has 39 heavy (non-hydrogen) atoms. The molecule has 2 N–H and O–H groups in total. The van der Waals surface area contributed by atoms with Crippen molar-refractivity contribution in [3.63, 3.8) is 0 Å². The minimum Gasteiger partial charge on any atom is -0.393 e. The zero-order valence-corrected chi connectivity index (χ0v) is 25.9. The van der Waals surface area contributed by atoms with Crippen molar-refractivity contribution < 1.29 is 23.4 Å². The average Bonchev–Trinajstić information content (AvgIpc) is 3.54. The maximum atomic E-state index is 12.6. The van der Waals surface area contributed by atoms with E-state index >= 15 is 0 Å². The molecular weight excluding hydrogens is 508 g/mol. The number of ketones is 1. The smallest absolute Gasteiger partial charge is 0.160 e. The fourth-order valence-corrected chi connectivity index (χ4v) is 13.3. The third-order valence-corrected chi connectivity index (χ3v) is 15.6. The normalized spacial score (nSPS) is 45.4. The predicted molar refractivity (Wildman–Crippen MR) is 156 cm³/mol. The molecule has 0 spiro atoms. The highest BCUT2D eigenvalue weighted by molar-refractivity contribution is 7.92. The summed E-state index contributed by atoms with van der Waals surface area (Å²) in [5.74, 6) is 2.94. The Morgan fingerprint density at radius 3 is 2.28 bits per heavy atom. The van der Waals surface area contributed by atoms with Gasteiger partial charge in [-0.25, -0.2) is 8.42 Å². The summed E-state index contributed by atoms with van der Waals surface area (Å²) in [4.78, 5) is 12.6. The molecule has 11 atom stereocenters. The van der Waals surface area contributed by atoms with Crippen molar-refractivity contribution in [3.8, 4) is 0 Å². The van der Waals surface area contributed by atoms with Crippen LogP contribution in [0.25, 0.3) is 0 Å². The monoisotopic (exact) mass is 564 g/mol. The van der Waals surface area contributed by atoms with E-state index in [1.165, 1.54) is 25.7 Å². The first kappa shape index (κ1) is 30.0. The summed E-state index contributed by atoms with van der Waals surface area (Å²) in [6, 6.07) is 0. The highest BCUT2D eigenvalue weighted by atomic mass is 32.2. The fraction of sp³-hybridized carbons (Fsp3) is 0.970. The zero-order valence-electron chi connectivity index (χ0n) is 25.1. The summed E-state index contributed by atoms with van der Waals surface area (Å²) in [6.07, 6.45) is 13.7. The Morgan fingerprint density at radius 1 is 0.923 bits per heavy atom. The maximum absolute atomic E-state index is 12.6. The number of aliphatic hydroxyl groups excluding tert-OH is 2. The molecule has 224 valence electrons. The second-order valence-electron chi connectivity index (χ2n) is 15.2. The van der Waals surface area contributed by atoms with Gasteiger partial charge in [-0.1, -0.05) is 53.4 Å². The summed E-state index contributed by atoms with van der Waals surface area (Å²) in [7, 11) is -3.28. The molecule has 0 aromatic carbocycles. The summed E-state index contributed by atoms with van der Waals surface area (Å²) < 4.78 is 25.2. The predicted octanol–water partition coefficient (Wildman–Crippen LogP) is 6.35. The Labute approximate surface area is 238 Å². The number of rotatable bonds is 9. The van der Waals surface area contributed by atoms with Gasteiger partial charge < -0.3 is 10.2 Å². The first-order valence-corrected chi connectivity index (χ1v) is 18.2. The van der Waals surface area contributed by atoms with E-state index in [0.717, 1.165) is 64.2 Å². The summed E-state index contributed by atoms with van der Waals surface area (Å²) in [5.41, 5.74) is 0.459. The second kappa shape index (κ2) is 11.3. The van der Waals surface area contributed by atoms with Crippen LogP contribution in [-0.2, 0) is 14.6 Å². The number of aliphatic hydroxyl groups is 2. The maximum Gasteiger partial charge on any atom is 0.160 e. The molecule has 0 unspecified atom stereocenters. The van der Waals surface area contributed by atoms with Gasteiger partial charge >= 0.3 is 0 Å². The van der Waals surface area contributed by atoms with Crippen molar-refractivity contribution in [2.75, 3.05) is 5.75 Å². The van der Waals surface area contributed by atoms with E-state index in [-0.39, 0.29) is 45.7 Å².